The first-order chi connectivity index (χ1) is 11.2. The van der Waals surface area contributed by atoms with Crippen molar-refractivity contribution in [3.8, 4) is 0 Å². The summed E-state index contributed by atoms with van der Waals surface area (Å²) in [5.74, 6) is -0.164. The van der Waals surface area contributed by atoms with Crippen LogP contribution in [0.15, 0.2) is 0 Å². The van der Waals surface area contributed by atoms with Crippen molar-refractivity contribution in [2.45, 2.75) is 116 Å². The zero-order valence-electron chi connectivity index (χ0n) is 15.7. The fraction of sp³-hybridized carbons (Fsp3) is 0.950. The largest absolute Gasteiger partial charge is 0.463 e. The number of carbonyl (C=O) groups excluding carboxylic acids is 1. The zero-order valence-corrected chi connectivity index (χ0v) is 15.7. The molecule has 0 saturated heterocycles. The van der Waals surface area contributed by atoms with E-state index in [1.165, 1.54) is 90.4 Å². The summed E-state index contributed by atoms with van der Waals surface area (Å²) in [5, 5.41) is 8.70. The minimum Gasteiger partial charge on any atom is -0.463 e. The van der Waals surface area contributed by atoms with Crippen molar-refractivity contribution in [2.75, 3.05) is 6.61 Å². The molecule has 0 aliphatic heterocycles. The third-order valence-corrected chi connectivity index (χ3v) is 4.39. The molecule has 0 fully saturated rings. The molecule has 3 heteroatoms. The molecule has 0 bridgehead atoms. The van der Waals surface area contributed by atoms with E-state index in [4.69, 9.17) is 9.84 Å². The summed E-state index contributed by atoms with van der Waals surface area (Å²) in [6.45, 7) is 3.81. The van der Waals surface area contributed by atoms with E-state index in [-0.39, 0.29) is 12.1 Å². The van der Waals surface area contributed by atoms with Crippen LogP contribution in [0.5, 0.6) is 0 Å². The minimum absolute atomic E-state index is 0.0798. The molecule has 1 atom stereocenters. The van der Waals surface area contributed by atoms with E-state index in [1.54, 1.807) is 0 Å². The first-order valence-corrected chi connectivity index (χ1v) is 9.95. The molecule has 0 heterocycles. The second-order valence-corrected chi connectivity index (χ2v) is 6.88. The van der Waals surface area contributed by atoms with Gasteiger partial charge >= 0.3 is 5.97 Å². The molecule has 0 amide bonds. The van der Waals surface area contributed by atoms with E-state index >= 15 is 0 Å². The van der Waals surface area contributed by atoms with E-state index in [0.29, 0.717) is 6.61 Å². The molecule has 0 aromatic carbocycles. The van der Waals surface area contributed by atoms with E-state index in [1.807, 2.05) is 6.92 Å². The Labute approximate surface area is 144 Å². The van der Waals surface area contributed by atoms with Crippen LogP contribution in [0.1, 0.15) is 110 Å². The van der Waals surface area contributed by atoms with Gasteiger partial charge in [0.2, 0.25) is 0 Å². The Hall–Kier alpha value is -0.570. The number of hydrogen-bond donors (Lipinski definition) is 1. The van der Waals surface area contributed by atoms with Gasteiger partial charge in [0.15, 0.2) is 0 Å². The van der Waals surface area contributed by atoms with Crippen molar-refractivity contribution < 1.29 is 14.6 Å². The average Bonchev–Trinajstić information content (AvgIpc) is 2.50. The number of unbranched alkanes of at least 4 members (excludes halogenated alkanes) is 13. The van der Waals surface area contributed by atoms with Crippen molar-refractivity contribution in [1.29, 1.82) is 0 Å². The number of ether oxygens (including phenoxy) is 1. The summed E-state index contributed by atoms with van der Waals surface area (Å²) in [5.41, 5.74) is 0. The maximum Gasteiger partial charge on any atom is 0.302 e. The molecule has 0 spiro atoms. The summed E-state index contributed by atoms with van der Waals surface area (Å²) in [6, 6.07) is 0. The second-order valence-electron chi connectivity index (χ2n) is 6.88. The van der Waals surface area contributed by atoms with Gasteiger partial charge in [-0.3, -0.25) is 4.79 Å². The molecule has 23 heavy (non-hydrogen) atoms. The van der Waals surface area contributed by atoms with Gasteiger partial charge < -0.3 is 9.84 Å². The highest BCUT2D eigenvalue weighted by atomic mass is 16.5. The maximum absolute atomic E-state index is 10.8. The molecule has 0 aliphatic rings. The Morgan fingerprint density at radius 2 is 1.09 bits per heavy atom. The van der Waals surface area contributed by atoms with Crippen molar-refractivity contribution in [3.63, 3.8) is 0 Å². The summed E-state index contributed by atoms with van der Waals surface area (Å²) >= 11 is 0. The Morgan fingerprint density at radius 1 is 0.739 bits per heavy atom. The van der Waals surface area contributed by atoms with E-state index < -0.39 is 0 Å². The molecule has 1 N–H and O–H groups in total. The summed E-state index contributed by atoms with van der Waals surface area (Å²) in [7, 11) is 0. The Morgan fingerprint density at radius 3 is 1.43 bits per heavy atom. The number of hydrogen-bond acceptors (Lipinski definition) is 3. The van der Waals surface area contributed by atoms with Crippen molar-refractivity contribution in [2.24, 2.45) is 0 Å². The monoisotopic (exact) mass is 328 g/mol. The lowest BCUT2D eigenvalue weighted by molar-refractivity contribution is -0.145. The van der Waals surface area contributed by atoms with Gasteiger partial charge in [-0.1, -0.05) is 77.0 Å². The quantitative estimate of drug-likeness (QED) is 0.272. The van der Waals surface area contributed by atoms with Crippen LogP contribution in [-0.2, 0) is 9.53 Å². The summed E-state index contributed by atoms with van der Waals surface area (Å²) in [6.07, 6.45) is 19.3. The molecule has 0 saturated carbocycles. The number of aliphatic hydroxyl groups is 1. The van der Waals surface area contributed by atoms with Crippen LogP contribution in [0.25, 0.3) is 0 Å². The number of esters is 1. The van der Waals surface area contributed by atoms with Crippen LogP contribution in [-0.4, -0.2) is 23.8 Å². The molecular formula is C20H40O3. The minimum atomic E-state index is -0.164. The predicted molar refractivity (Wildman–Crippen MR) is 97.6 cm³/mol. The van der Waals surface area contributed by atoms with Gasteiger partial charge in [0, 0.05) is 13.5 Å². The molecule has 0 rings (SSSR count). The standard InChI is InChI=1S/C20H40O3/c1-19(23-20(2)22)17-15-13-11-9-7-5-3-4-6-8-10-12-14-16-18-21/h19,21H,3-18H2,1-2H3. The van der Waals surface area contributed by atoms with Crippen molar-refractivity contribution in [3.05, 3.63) is 0 Å². The molecule has 0 radical (unpaired) electrons. The molecule has 0 aromatic rings. The fourth-order valence-electron chi connectivity index (χ4n) is 3.01. The molecule has 0 aromatic heterocycles. The third-order valence-electron chi connectivity index (χ3n) is 4.39. The molecular weight excluding hydrogens is 288 g/mol. The Bertz CT molecular complexity index is 253. The van der Waals surface area contributed by atoms with Gasteiger partial charge in [-0.25, -0.2) is 0 Å². The fourth-order valence-corrected chi connectivity index (χ4v) is 3.01. The Kier molecular flexibility index (Phi) is 17.3. The van der Waals surface area contributed by atoms with Gasteiger partial charge in [-0.2, -0.15) is 0 Å². The predicted octanol–water partition coefficient (Wildman–Crippen LogP) is 5.78. The smallest absolute Gasteiger partial charge is 0.302 e. The highest BCUT2D eigenvalue weighted by Gasteiger charge is 2.04. The van der Waals surface area contributed by atoms with Crippen LogP contribution < -0.4 is 0 Å². The number of rotatable bonds is 17. The third kappa shape index (κ3) is 19.4. The van der Waals surface area contributed by atoms with Crippen LogP contribution >= 0.6 is 0 Å². The average molecular weight is 329 g/mol. The van der Waals surface area contributed by atoms with Gasteiger partial charge in [0.25, 0.3) is 0 Å². The van der Waals surface area contributed by atoms with E-state index in [0.717, 1.165) is 12.8 Å². The molecule has 1 unspecified atom stereocenters. The molecule has 0 aliphatic carbocycles. The van der Waals surface area contributed by atoms with Gasteiger partial charge in [0.1, 0.15) is 0 Å². The lowest BCUT2D eigenvalue weighted by Gasteiger charge is -2.11. The van der Waals surface area contributed by atoms with Gasteiger partial charge in [-0.15, -0.1) is 0 Å². The Balaban J connectivity index is 3.06. The van der Waals surface area contributed by atoms with Crippen LogP contribution in [0.3, 0.4) is 0 Å². The number of aliphatic hydroxyl groups excluding tert-OH is 1. The van der Waals surface area contributed by atoms with Crippen molar-refractivity contribution >= 4 is 5.97 Å². The highest BCUT2D eigenvalue weighted by molar-refractivity contribution is 5.66. The normalized spacial score (nSPS) is 12.3. The summed E-state index contributed by atoms with van der Waals surface area (Å²) in [4.78, 5) is 10.8. The zero-order chi connectivity index (χ0) is 17.2. The first kappa shape index (κ1) is 22.4. The second kappa shape index (κ2) is 17.8. The lowest BCUT2D eigenvalue weighted by Crippen LogP contribution is -2.11. The van der Waals surface area contributed by atoms with E-state index in [2.05, 4.69) is 0 Å². The van der Waals surface area contributed by atoms with Gasteiger partial charge in [0.05, 0.1) is 6.10 Å². The summed E-state index contributed by atoms with van der Waals surface area (Å²) < 4.78 is 5.12. The topological polar surface area (TPSA) is 46.5 Å². The lowest BCUT2D eigenvalue weighted by atomic mass is 10.0. The maximum atomic E-state index is 10.8. The highest BCUT2D eigenvalue weighted by Crippen LogP contribution is 2.14. The molecule has 3 nitrogen and oxygen atoms in total. The van der Waals surface area contributed by atoms with E-state index in [9.17, 15) is 4.79 Å². The number of carbonyl (C=O) groups is 1. The van der Waals surface area contributed by atoms with Crippen LogP contribution in [0.2, 0.25) is 0 Å². The van der Waals surface area contributed by atoms with Crippen LogP contribution in [0, 0.1) is 0 Å². The SMILES string of the molecule is CC(=O)OC(C)CCCCCCCCCCCCCCCCO. The molecule has 138 valence electrons. The van der Waals surface area contributed by atoms with Gasteiger partial charge in [-0.05, 0) is 26.2 Å². The first-order valence-electron chi connectivity index (χ1n) is 9.95. The van der Waals surface area contributed by atoms with Crippen molar-refractivity contribution in [1.82, 2.24) is 0 Å². The van der Waals surface area contributed by atoms with Crippen LogP contribution in [0.4, 0.5) is 0 Å².